The fourth-order valence-corrected chi connectivity index (χ4v) is 7.85. The molecule has 0 spiro atoms. The lowest BCUT2D eigenvalue weighted by Gasteiger charge is -2.18. The van der Waals surface area contributed by atoms with Crippen LogP contribution < -0.4 is 0 Å². The van der Waals surface area contributed by atoms with Crippen LogP contribution in [-0.2, 0) is 23.8 Å². The Morgan fingerprint density at radius 1 is 0.338 bits per heavy atom. The maximum Gasteiger partial charge on any atom is 0.306 e. The van der Waals surface area contributed by atoms with Crippen LogP contribution in [0.2, 0.25) is 0 Å². The molecule has 68 heavy (non-hydrogen) atoms. The summed E-state index contributed by atoms with van der Waals surface area (Å²) in [5.41, 5.74) is 0. The molecule has 0 fully saturated rings. The Kier molecular flexibility index (Phi) is 55.4. The van der Waals surface area contributed by atoms with E-state index in [1.807, 2.05) is 0 Å². The molecule has 0 heterocycles. The molecule has 0 aromatic carbocycles. The summed E-state index contributed by atoms with van der Waals surface area (Å²) < 4.78 is 17.4. The van der Waals surface area contributed by atoms with Gasteiger partial charge in [0.25, 0.3) is 0 Å². The molecule has 5 nitrogen and oxygen atoms in total. The Balaban J connectivity index is 4.37. The second-order valence-corrected chi connectivity index (χ2v) is 18.8. The van der Waals surface area contributed by atoms with Gasteiger partial charge in [-0.05, 0) is 96.3 Å². The molecule has 0 aliphatic heterocycles. The lowest BCUT2D eigenvalue weighted by Crippen LogP contribution is -2.30. The number of allylic oxidation sites excluding steroid dienone is 16. The van der Waals surface area contributed by atoms with E-state index in [0.717, 1.165) is 83.5 Å². The molecular weight excluding hydrogens is 837 g/mol. The summed E-state index contributed by atoms with van der Waals surface area (Å²) in [6.07, 6.45) is 78.6. The summed E-state index contributed by atoms with van der Waals surface area (Å²) in [6.45, 7) is 7.63. The molecule has 0 radical (unpaired) electrons. The van der Waals surface area contributed by atoms with E-state index in [1.54, 1.807) is 0 Å². The molecule has 0 rings (SSSR count). The van der Waals surface area contributed by atoms with Crippen molar-refractivity contribution in [2.45, 2.75) is 271 Å². The minimum absolute atomic E-state index is 0.0494. The van der Waals surface area contributed by atoms with Crippen LogP contribution in [0.5, 0.6) is 0 Å². The summed E-state index contributed by atoms with van der Waals surface area (Å²) in [7, 11) is 0. The summed E-state index contributed by atoms with van der Waals surface area (Å²) in [4.78, 5) is 25.5. The number of unbranched alkanes of at least 4 members (excludes halogenated alkanes) is 25. The minimum Gasteiger partial charge on any atom is -0.462 e. The van der Waals surface area contributed by atoms with E-state index >= 15 is 0 Å². The highest BCUT2D eigenvalue weighted by Crippen LogP contribution is 2.15. The maximum atomic E-state index is 12.9. The highest BCUT2D eigenvalue weighted by atomic mass is 16.6. The first kappa shape index (κ1) is 64.8. The number of rotatable bonds is 52. The molecule has 0 N–H and O–H groups in total. The average molecular weight is 946 g/mol. The van der Waals surface area contributed by atoms with Crippen LogP contribution >= 0.6 is 0 Å². The Labute approximate surface area is 422 Å². The molecule has 5 heteroatoms. The second-order valence-electron chi connectivity index (χ2n) is 18.8. The first-order valence-electron chi connectivity index (χ1n) is 28.8. The largest absolute Gasteiger partial charge is 0.462 e. The van der Waals surface area contributed by atoms with Gasteiger partial charge in [-0.2, -0.15) is 0 Å². The highest BCUT2D eigenvalue weighted by Gasteiger charge is 2.17. The Morgan fingerprint density at radius 2 is 0.676 bits per heavy atom. The number of hydrogen-bond donors (Lipinski definition) is 0. The van der Waals surface area contributed by atoms with Gasteiger partial charge in [-0.15, -0.1) is 0 Å². The third-order valence-corrected chi connectivity index (χ3v) is 12.1. The van der Waals surface area contributed by atoms with Gasteiger partial charge < -0.3 is 14.2 Å². The van der Waals surface area contributed by atoms with Crippen molar-refractivity contribution in [3.05, 3.63) is 97.2 Å². The highest BCUT2D eigenvalue weighted by molar-refractivity contribution is 5.70. The topological polar surface area (TPSA) is 61.8 Å². The fourth-order valence-electron chi connectivity index (χ4n) is 7.85. The van der Waals surface area contributed by atoms with Gasteiger partial charge in [-0.25, -0.2) is 0 Å². The Hall–Kier alpha value is -3.18. The molecule has 390 valence electrons. The summed E-state index contributed by atoms with van der Waals surface area (Å²) in [5.74, 6) is -0.465. The number of ether oxygens (including phenoxy) is 3. The van der Waals surface area contributed by atoms with Crippen LogP contribution in [0.3, 0.4) is 0 Å². The quantitative estimate of drug-likeness (QED) is 0.0345. The number of carbonyl (C=O) groups is 2. The van der Waals surface area contributed by atoms with Crippen molar-refractivity contribution in [1.82, 2.24) is 0 Å². The molecule has 0 aromatic rings. The predicted octanol–water partition coefficient (Wildman–Crippen LogP) is 19.8. The van der Waals surface area contributed by atoms with Crippen molar-refractivity contribution in [2.24, 2.45) is 0 Å². The van der Waals surface area contributed by atoms with E-state index in [1.165, 1.54) is 148 Å². The molecule has 0 bridgehead atoms. The van der Waals surface area contributed by atoms with Gasteiger partial charge in [0, 0.05) is 19.4 Å². The van der Waals surface area contributed by atoms with E-state index in [0.29, 0.717) is 19.4 Å². The van der Waals surface area contributed by atoms with E-state index in [9.17, 15) is 9.59 Å². The van der Waals surface area contributed by atoms with Crippen LogP contribution in [0.25, 0.3) is 0 Å². The molecule has 1 unspecified atom stereocenters. The van der Waals surface area contributed by atoms with Gasteiger partial charge in [0.2, 0.25) is 0 Å². The Bertz CT molecular complexity index is 1300. The molecule has 0 saturated carbocycles. The first-order valence-corrected chi connectivity index (χ1v) is 28.8. The number of carbonyl (C=O) groups excluding carboxylic acids is 2. The minimum atomic E-state index is -0.568. The zero-order valence-corrected chi connectivity index (χ0v) is 44.8. The van der Waals surface area contributed by atoms with Crippen LogP contribution in [0.1, 0.15) is 265 Å². The van der Waals surface area contributed by atoms with Gasteiger partial charge in [0.1, 0.15) is 6.61 Å². The van der Waals surface area contributed by atoms with Crippen LogP contribution in [0.15, 0.2) is 97.2 Å². The third-order valence-electron chi connectivity index (χ3n) is 12.1. The number of esters is 2. The zero-order valence-electron chi connectivity index (χ0n) is 44.8. The van der Waals surface area contributed by atoms with Crippen molar-refractivity contribution >= 4 is 11.9 Å². The van der Waals surface area contributed by atoms with Gasteiger partial charge in [0.05, 0.1) is 6.61 Å². The van der Waals surface area contributed by atoms with Gasteiger partial charge in [-0.3, -0.25) is 9.59 Å². The van der Waals surface area contributed by atoms with Crippen LogP contribution in [0.4, 0.5) is 0 Å². The van der Waals surface area contributed by atoms with Gasteiger partial charge in [-0.1, -0.05) is 253 Å². The van der Waals surface area contributed by atoms with Crippen molar-refractivity contribution in [3.8, 4) is 0 Å². The maximum absolute atomic E-state index is 12.9. The monoisotopic (exact) mass is 945 g/mol. The molecule has 0 aliphatic carbocycles. The van der Waals surface area contributed by atoms with E-state index < -0.39 is 6.10 Å². The Morgan fingerprint density at radius 3 is 1.13 bits per heavy atom. The normalized spacial score (nSPS) is 12.9. The number of hydrogen-bond acceptors (Lipinski definition) is 5. The van der Waals surface area contributed by atoms with Crippen molar-refractivity contribution in [3.63, 3.8) is 0 Å². The van der Waals surface area contributed by atoms with E-state index in [2.05, 4.69) is 118 Å². The summed E-state index contributed by atoms with van der Waals surface area (Å²) in [5, 5.41) is 0. The van der Waals surface area contributed by atoms with Crippen molar-refractivity contribution < 1.29 is 23.8 Å². The van der Waals surface area contributed by atoms with Crippen molar-refractivity contribution in [1.29, 1.82) is 0 Å². The molecule has 0 amide bonds. The summed E-state index contributed by atoms with van der Waals surface area (Å²) >= 11 is 0. The molecule has 0 aromatic heterocycles. The van der Waals surface area contributed by atoms with Gasteiger partial charge >= 0.3 is 11.9 Å². The lowest BCUT2D eigenvalue weighted by atomic mass is 10.0. The molecule has 1 atom stereocenters. The third kappa shape index (κ3) is 55.4. The SMILES string of the molecule is CC/C=C\C/C=C\C/C=C\C/C=C\C/C=C\CCCC(=O)OCC(COCCCCCCCCC/C=C\C/C=C\C/C=C\CCCCC)OC(=O)CCCCCCCCCCCCCCCCC. The first-order chi connectivity index (χ1) is 33.6. The lowest BCUT2D eigenvalue weighted by molar-refractivity contribution is -0.163. The molecule has 0 aliphatic rings. The average Bonchev–Trinajstić information content (AvgIpc) is 3.34. The second kappa shape index (κ2) is 58.1. The summed E-state index contributed by atoms with van der Waals surface area (Å²) in [6, 6.07) is 0. The molecular formula is C63H108O5. The predicted molar refractivity (Wildman–Crippen MR) is 297 cm³/mol. The van der Waals surface area contributed by atoms with Crippen molar-refractivity contribution in [2.75, 3.05) is 19.8 Å². The van der Waals surface area contributed by atoms with Gasteiger partial charge in [0.15, 0.2) is 6.10 Å². The fraction of sp³-hybridized carbons (Fsp3) is 0.714. The van der Waals surface area contributed by atoms with Crippen LogP contribution in [0, 0.1) is 0 Å². The molecule has 0 saturated heterocycles. The van der Waals surface area contributed by atoms with E-state index in [-0.39, 0.29) is 25.2 Å². The van der Waals surface area contributed by atoms with Crippen LogP contribution in [-0.4, -0.2) is 37.9 Å². The smallest absolute Gasteiger partial charge is 0.306 e. The van der Waals surface area contributed by atoms with E-state index in [4.69, 9.17) is 14.2 Å². The standard InChI is InChI=1S/C63H108O5/c1-4-7-10-13-16-19-22-25-28-30-31-32-34-37-40-43-46-49-52-55-58-66-59-61(68-63(65)57-54-51-48-45-42-39-35-27-24-21-18-15-12-9-6-3)60-67-62(64)56-53-50-47-44-41-38-36-33-29-26-23-20-17-14-11-8-5-2/h8,11,16-17,19-20,25-26,28-29,31-32,36,38,44,47,61H,4-7,9-10,12-15,18,21-24,27,30,33-35,37,39-43,45-46,48-60H2,1-3H3/b11-8-,19-16-,20-17-,28-25-,29-26-,32-31-,38-36-,47-44-. The zero-order chi connectivity index (χ0) is 49.2.